The van der Waals surface area contributed by atoms with Gasteiger partial charge >= 0.3 is 0 Å². The molecule has 0 radical (unpaired) electrons. The van der Waals surface area contributed by atoms with E-state index in [1.165, 1.54) is 27.4 Å². The van der Waals surface area contributed by atoms with Crippen molar-refractivity contribution >= 4 is 22.3 Å². The third-order valence-corrected chi connectivity index (χ3v) is 4.43. The second-order valence-electron chi connectivity index (χ2n) is 4.88. The molecule has 0 saturated carbocycles. The second kappa shape index (κ2) is 6.28. The normalized spacial score (nSPS) is 12.7. The Morgan fingerprint density at radius 3 is 2.86 bits per heavy atom. The van der Waals surface area contributed by atoms with E-state index in [9.17, 15) is 0 Å². The van der Waals surface area contributed by atoms with Gasteiger partial charge in [-0.2, -0.15) is 0 Å². The summed E-state index contributed by atoms with van der Waals surface area (Å²) >= 11 is 1.47. The van der Waals surface area contributed by atoms with Gasteiger partial charge < -0.3 is 5.32 Å². The summed E-state index contributed by atoms with van der Waals surface area (Å²) in [5, 5.41) is 10.2. The molecule has 0 fully saturated rings. The smallest absolute Gasteiger partial charge is 0.0804 e. The van der Waals surface area contributed by atoms with E-state index in [1.807, 2.05) is 18.5 Å². The van der Waals surface area contributed by atoms with Crippen LogP contribution in [0.15, 0.2) is 36.7 Å². The lowest BCUT2D eigenvalue weighted by Crippen LogP contribution is -2.22. The van der Waals surface area contributed by atoms with Crippen molar-refractivity contribution in [3.63, 3.8) is 0 Å². The zero-order chi connectivity index (χ0) is 14.7. The minimum atomic E-state index is 0.101. The van der Waals surface area contributed by atoms with Crippen LogP contribution >= 0.6 is 11.5 Å². The van der Waals surface area contributed by atoms with Crippen LogP contribution in [0.1, 0.15) is 36.0 Å². The van der Waals surface area contributed by atoms with E-state index >= 15 is 0 Å². The number of nitrogens with one attached hydrogen (secondary N) is 1. The SMILES string of the molecule is CCNC(c1snnc1CC)c1cncc2ccccc12. The van der Waals surface area contributed by atoms with Crippen LogP contribution in [0.25, 0.3) is 10.8 Å². The molecule has 21 heavy (non-hydrogen) atoms. The Morgan fingerprint density at radius 2 is 2.05 bits per heavy atom. The van der Waals surface area contributed by atoms with E-state index in [0.717, 1.165) is 24.0 Å². The number of benzene rings is 1. The summed E-state index contributed by atoms with van der Waals surface area (Å²) in [6, 6.07) is 8.46. The van der Waals surface area contributed by atoms with Gasteiger partial charge in [-0.3, -0.25) is 4.98 Å². The summed E-state index contributed by atoms with van der Waals surface area (Å²) in [4.78, 5) is 5.60. The van der Waals surface area contributed by atoms with Gasteiger partial charge in [-0.05, 0) is 29.9 Å². The fourth-order valence-corrected chi connectivity index (χ4v) is 3.43. The summed E-state index contributed by atoms with van der Waals surface area (Å²) in [7, 11) is 0. The van der Waals surface area contributed by atoms with Gasteiger partial charge in [0.25, 0.3) is 0 Å². The van der Waals surface area contributed by atoms with Gasteiger partial charge in [0.05, 0.1) is 16.6 Å². The zero-order valence-electron chi connectivity index (χ0n) is 12.2. The predicted molar refractivity (Wildman–Crippen MR) is 86.5 cm³/mol. The molecule has 0 saturated heterocycles. The first kappa shape index (κ1) is 14.1. The number of hydrogen-bond acceptors (Lipinski definition) is 5. The van der Waals surface area contributed by atoms with Crippen LogP contribution in [0.4, 0.5) is 0 Å². The molecule has 0 aliphatic heterocycles. The number of nitrogens with zero attached hydrogens (tertiary/aromatic N) is 3. The first-order chi connectivity index (χ1) is 10.3. The fraction of sp³-hybridized carbons (Fsp3) is 0.312. The lowest BCUT2D eigenvalue weighted by Gasteiger charge is -2.19. The van der Waals surface area contributed by atoms with Crippen molar-refractivity contribution in [2.45, 2.75) is 26.3 Å². The maximum absolute atomic E-state index is 4.41. The molecule has 0 bridgehead atoms. The van der Waals surface area contributed by atoms with Gasteiger partial charge in [0.2, 0.25) is 0 Å². The number of pyridine rings is 1. The highest BCUT2D eigenvalue weighted by Gasteiger charge is 2.21. The highest BCUT2D eigenvalue weighted by atomic mass is 32.1. The minimum Gasteiger partial charge on any atom is -0.306 e. The van der Waals surface area contributed by atoms with Crippen LogP contribution in [-0.4, -0.2) is 21.1 Å². The average Bonchev–Trinajstić information content (AvgIpc) is 3.00. The average molecular weight is 298 g/mol. The number of fused-ring (bicyclic) bond motifs is 1. The molecule has 5 heteroatoms. The maximum atomic E-state index is 4.41. The van der Waals surface area contributed by atoms with Crippen molar-refractivity contribution in [2.24, 2.45) is 0 Å². The maximum Gasteiger partial charge on any atom is 0.0804 e. The van der Waals surface area contributed by atoms with Gasteiger partial charge in [-0.15, -0.1) is 5.10 Å². The van der Waals surface area contributed by atoms with Crippen molar-refractivity contribution in [2.75, 3.05) is 6.54 Å². The van der Waals surface area contributed by atoms with Crippen molar-refractivity contribution in [1.29, 1.82) is 0 Å². The molecule has 0 aliphatic carbocycles. The van der Waals surface area contributed by atoms with Crippen LogP contribution in [0.5, 0.6) is 0 Å². The van der Waals surface area contributed by atoms with Crippen molar-refractivity contribution in [1.82, 2.24) is 19.9 Å². The number of rotatable bonds is 5. The molecule has 3 aromatic rings. The van der Waals surface area contributed by atoms with Gasteiger partial charge in [0.15, 0.2) is 0 Å². The molecular formula is C16H18N4S. The Balaban J connectivity index is 2.16. The minimum absolute atomic E-state index is 0.101. The van der Waals surface area contributed by atoms with Crippen molar-refractivity contribution < 1.29 is 0 Å². The second-order valence-corrected chi connectivity index (χ2v) is 5.66. The molecular weight excluding hydrogens is 280 g/mol. The van der Waals surface area contributed by atoms with Gasteiger partial charge in [-0.25, -0.2) is 0 Å². The summed E-state index contributed by atoms with van der Waals surface area (Å²) in [6.07, 6.45) is 4.76. The van der Waals surface area contributed by atoms with Gasteiger partial charge in [0.1, 0.15) is 0 Å². The third kappa shape index (κ3) is 2.66. The molecule has 0 amide bonds. The molecule has 0 aliphatic rings. The summed E-state index contributed by atoms with van der Waals surface area (Å²) in [5.74, 6) is 0. The number of aryl methyl sites for hydroxylation is 1. The Bertz CT molecular complexity index is 732. The van der Waals surface area contributed by atoms with E-state index in [1.54, 1.807) is 0 Å². The molecule has 0 spiro atoms. The lowest BCUT2D eigenvalue weighted by molar-refractivity contribution is 0.635. The summed E-state index contributed by atoms with van der Waals surface area (Å²) in [5.41, 5.74) is 2.26. The van der Waals surface area contributed by atoms with E-state index in [4.69, 9.17) is 0 Å². The lowest BCUT2D eigenvalue weighted by atomic mass is 9.99. The number of aromatic nitrogens is 3. The van der Waals surface area contributed by atoms with Crippen molar-refractivity contribution in [3.05, 3.63) is 52.8 Å². The van der Waals surface area contributed by atoms with Gasteiger partial charge in [-0.1, -0.05) is 42.6 Å². The molecule has 4 nitrogen and oxygen atoms in total. The Hall–Kier alpha value is -1.85. The van der Waals surface area contributed by atoms with Crippen LogP contribution in [0.3, 0.4) is 0 Å². The zero-order valence-corrected chi connectivity index (χ0v) is 13.0. The molecule has 1 unspecified atom stereocenters. The first-order valence-corrected chi connectivity index (χ1v) is 7.99. The highest BCUT2D eigenvalue weighted by Crippen LogP contribution is 2.31. The Morgan fingerprint density at radius 1 is 1.19 bits per heavy atom. The predicted octanol–water partition coefficient (Wildman–Crippen LogP) is 3.35. The largest absolute Gasteiger partial charge is 0.306 e. The number of hydrogen-bond donors (Lipinski definition) is 1. The molecule has 1 atom stereocenters. The van der Waals surface area contributed by atoms with E-state index in [2.05, 4.69) is 51.9 Å². The summed E-state index contributed by atoms with van der Waals surface area (Å²) in [6.45, 7) is 5.12. The first-order valence-electron chi connectivity index (χ1n) is 7.22. The van der Waals surface area contributed by atoms with Gasteiger partial charge in [0, 0.05) is 23.3 Å². The molecule has 2 aromatic heterocycles. The van der Waals surface area contributed by atoms with E-state index in [0.29, 0.717) is 0 Å². The third-order valence-electron chi connectivity index (χ3n) is 3.60. The molecule has 1 aromatic carbocycles. The molecule has 108 valence electrons. The molecule has 3 rings (SSSR count). The van der Waals surface area contributed by atoms with E-state index < -0.39 is 0 Å². The standard InChI is InChI=1S/C16H18N4S/c1-3-14-16(21-20-19-14)15(18-4-2)13-10-17-9-11-7-5-6-8-12(11)13/h5-10,15,18H,3-4H2,1-2H3. The topological polar surface area (TPSA) is 50.7 Å². The fourth-order valence-electron chi connectivity index (χ4n) is 2.60. The quantitative estimate of drug-likeness (QED) is 0.785. The Kier molecular flexibility index (Phi) is 4.22. The molecule has 2 heterocycles. The Labute approximate surface area is 128 Å². The van der Waals surface area contributed by atoms with Crippen molar-refractivity contribution in [3.8, 4) is 0 Å². The monoisotopic (exact) mass is 298 g/mol. The highest BCUT2D eigenvalue weighted by molar-refractivity contribution is 7.05. The molecule has 1 N–H and O–H groups in total. The van der Waals surface area contributed by atoms with Crippen LogP contribution in [-0.2, 0) is 6.42 Å². The van der Waals surface area contributed by atoms with E-state index in [-0.39, 0.29) is 6.04 Å². The van der Waals surface area contributed by atoms with Crippen LogP contribution in [0, 0.1) is 0 Å². The van der Waals surface area contributed by atoms with Crippen LogP contribution in [0.2, 0.25) is 0 Å². The summed E-state index contributed by atoms with van der Waals surface area (Å²) < 4.78 is 4.13. The van der Waals surface area contributed by atoms with Crippen LogP contribution < -0.4 is 5.32 Å².